The normalized spacial score (nSPS) is 27.5. The van der Waals surface area contributed by atoms with Crippen molar-refractivity contribution in [2.45, 2.75) is 36.3 Å². The summed E-state index contributed by atoms with van der Waals surface area (Å²) in [5, 5.41) is 9.66. The van der Waals surface area contributed by atoms with E-state index in [1.807, 2.05) is 23.9 Å². The minimum absolute atomic E-state index is 0.192. The van der Waals surface area contributed by atoms with Crippen LogP contribution in [0.15, 0.2) is 29.2 Å². The molecule has 1 aromatic rings. The van der Waals surface area contributed by atoms with E-state index in [-0.39, 0.29) is 5.92 Å². The van der Waals surface area contributed by atoms with Gasteiger partial charge in [0, 0.05) is 10.1 Å². The quantitative estimate of drug-likeness (QED) is 0.820. The zero-order valence-electron chi connectivity index (χ0n) is 10.9. The first-order valence-electron chi connectivity index (χ1n) is 6.43. The highest BCUT2D eigenvalue weighted by molar-refractivity contribution is 8.00. The second-order valence-corrected chi connectivity index (χ2v) is 6.30. The van der Waals surface area contributed by atoms with E-state index in [0.29, 0.717) is 5.25 Å². The van der Waals surface area contributed by atoms with Gasteiger partial charge in [0.15, 0.2) is 0 Å². The Labute approximate surface area is 113 Å². The van der Waals surface area contributed by atoms with Gasteiger partial charge < -0.3 is 4.74 Å². The van der Waals surface area contributed by atoms with Gasteiger partial charge in [-0.1, -0.05) is 13.0 Å². The molecule has 96 valence electrons. The maximum absolute atomic E-state index is 9.24. The van der Waals surface area contributed by atoms with Crippen molar-refractivity contribution in [2.24, 2.45) is 11.8 Å². The summed E-state index contributed by atoms with van der Waals surface area (Å²) in [6.07, 6.45) is 3.37. The van der Waals surface area contributed by atoms with Crippen LogP contribution in [-0.2, 0) is 0 Å². The maximum atomic E-state index is 9.24. The highest BCUT2D eigenvalue weighted by Gasteiger charge is 2.29. The van der Waals surface area contributed by atoms with Crippen LogP contribution >= 0.6 is 11.8 Å². The fourth-order valence-corrected chi connectivity index (χ4v) is 3.93. The molecule has 0 bridgehead atoms. The number of rotatable bonds is 3. The molecule has 0 radical (unpaired) electrons. The first kappa shape index (κ1) is 13.3. The Balaban J connectivity index is 2.08. The lowest BCUT2D eigenvalue weighted by molar-refractivity contribution is 0.345. The monoisotopic (exact) mass is 261 g/mol. The zero-order chi connectivity index (χ0) is 13.0. The molecule has 18 heavy (non-hydrogen) atoms. The van der Waals surface area contributed by atoms with Crippen LogP contribution in [-0.4, -0.2) is 12.4 Å². The Hall–Kier alpha value is -1.14. The smallest absolute Gasteiger partial charge is 0.119 e. The fourth-order valence-electron chi connectivity index (χ4n) is 2.46. The Morgan fingerprint density at radius 3 is 2.94 bits per heavy atom. The molecule has 0 heterocycles. The summed E-state index contributed by atoms with van der Waals surface area (Å²) in [4.78, 5) is 1.20. The standard InChI is InChI=1S/C15H19NOS/c1-11-6-7-12(10-16)15(8-11)18-14-5-3-4-13(9-14)17-2/h3-5,9,11-12,15H,6-8H2,1-2H3. The van der Waals surface area contributed by atoms with E-state index in [1.54, 1.807) is 7.11 Å². The molecule has 2 nitrogen and oxygen atoms in total. The molecule has 1 aliphatic carbocycles. The average Bonchev–Trinajstić information content (AvgIpc) is 2.39. The van der Waals surface area contributed by atoms with Crippen molar-refractivity contribution in [3.8, 4) is 11.8 Å². The molecule has 0 amide bonds. The van der Waals surface area contributed by atoms with E-state index in [1.165, 1.54) is 11.3 Å². The van der Waals surface area contributed by atoms with E-state index >= 15 is 0 Å². The molecular formula is C15H19NOS. The molecule has 0 saturated heterocycles. The third-order valence-electron chi connectivity index (χ3n) is 3.55. The molecule has 0 aliphatic heterocycles. The zero-order valence-corrected chi connectivity index (χ0v) is 11.7. The SMILES string of the molecule is COc1cccc(SC2CC(C)CCC2C#N)c1. The highest BCUT2D eigenvalue weighted by atomic mass is 32.2. The predicted molar refractivity (Wildman–Crippen MR) is 74.8 cm³/mol. The van der Waals surface area contributed by atoms with Crippen LogP contribution in [0.25, 0.3) is 0 Å². The number of nitrogens with zero attached hydrogens (tertiary/aromatic N) is 1. The molecule has 1 aromatic carbocycles. The number of thioether (sulfide) groups is 1. The minimum atomic E-state index is 0.192. The van der Waals surface area contributed by atoms with Gasteiger partial charge in [-0.05, 0) is 43.4 Å². The molecule has 0 N–H and O–H groups in total. The lowest BCUT2D eigenvalue weighted by Crippen LogP contribution is -2.24. The Kier molecular flexibility index (Phi) is 4.54. The van der Waals surface area contributed by atoms with Crippen molar-refractivity contribution in [3.05, 3.63) is 24.3 Å². The molecule has 0 aromatic heterocycles. The van der Waals surface area contributed by atoms with Crippen molar-refractivity contribution in [1.29, 1.82) is 5.26 Å². The van der Waals surface area contributed by atoms with E-state index in [0.717, 1.165) is 24.5 Å². The van der Waals surface area contributed by atoms with Crippen LogP contribution in [0.4, 0.5) is 0 Å². The Morgan fingerprint density at radius 1 is 1.39 bits per heavy atom. The van der Waals surface area contributed by atoms with E-state index in [9.17, 15) is 5.26 Å². The van der Waals surface area contributed by atoms with Gasteiger partial charge in [0.05, 0.1) is 19.1 Å². The molecule has 2 rings (SSSR count). The summed E-state index contributed by atoms with van der Waals surface area (Å²) >= 11 is 1.83. The summed E-state index contributed by atoms with van der Waals surface area (Å²) in [7, 11) is 1.69. The highest BCUT2D eigenvalue weighted by Crippen LogP contribution is 2.40. The maximum Gasteiger partial charge on any atom is 0.119 e. The minimum Gasteiger partial charge on any atom is -0.497 e. The van der Waals surface area contributed by atoms with E-state index in [4.69, 9.17) is 4.74 Å². The van der Waals surface area contributed by atoms with Gasteiger partial charge in [-0.25, -0.2) is 0 Å². The lowest BCUT2D eigenvalue weighted by atomic mass is 9.83. The largest absolute Gasteiger partial charge is 0.497 e. The van der Waals surface area contributed by atoms with Gasteiger partial charge >= 0.3 is 0 Å². The molecule has 1 aliphatic rings. The number of hydrogen-bond acceptors (Lipinski definition) is 3. The van der Waals surface area contributed by atoms with Crippen molar-refractivity contribution >= 4 is 11.8 Å². The van der Waals surface area contributed by atoms with Gasteiger partial charge in [0.2, 0.25) is 0 Å². The van der Waals surface area contributed by atoms with Gasteiger partial charge in [-0.2, -0.15) is 5.26 Å². The second kappa shape index (κ2) is 6.15. The number of hydrogen-bond donors (Lipinski definition) is 0. The number of methoxy groups -OCH3 is 1. The van der Waals surface area contributed by atoms with Crippen molar-refractivity contribution in [1.82, 2.24) is 0 Å². The summed E-state index contributed by atoms with van der Waals surface area (Å²) < 4.78 is 5.24. The van der Waals surface area contributed by atoms with Gasteiger partial charge in [0.25, 0.3) is 0 Å². The molecule has 3 atom stereocenters. The first-order valence-corrected chi connectivity index (χ1v) is 7.31. The first-order chi connectivity index (χ1) is 8.72. The number of ether oxygens (including phenoxy) is 1. The van der Waals surface area contributed by atoms with Crippen LogP contribution in [0.3, 0.4) is 0 Å². The van der Waals surface area contributed by atoms with Crippen molar-refractivity contribution in [2.75, 3.05) is 7.11 Å². The van der Waals surface area contributed by atoms with Gasteiger partial charge in [0.1, 0.15) is 5.75 Å². The Morgan fingerprint density at radius 2 is 2.22 bits per heavy atom. The molecule has 0 spiro atoms. The van der Waals surface area contributed by atoms with Gasteiger partial charge in [-0.3, -0.25) is 0 Å². The third-order valence-corrected chi connectivity index (χ3v) is 4.90. The van der Waals surface area contributed by atoms with Gasteiger partial charge in [-0.15, -0.1) is 11.8 Å². The van der Waals surface area contributed by atoms with Crippen LogP contribution in [0.1, 0.15) is 26.2 Å². The van der Waals surface area contributed by atoms with Crippen LogP contribution in [0, 0.1) is 23.2 Å². The summed E-state index contributed by atoms with van der Waals surface area (Å²) in [5.41, 5.74) is 0. The third kappa shape index (κ3) is 3.20. The molecule has 3 unspecified atom stereocenters. The average molecular weight is 261 g/mol. The van der Waals surface area contributed by atoms with Crippen molar-refractivity contribution < 1.29 is 4.74 Å². The summed E-state index contributed by atoms with van der Waals surface area (Å²) in [6, 6.07) is 10.6. The fraction of sp³-hybridized carbons (Fsp3) is 0.533. The topological polar surface area (TPSA) is 33.0 Å². The molecular weight excluding hydrogens is 242 g/mol. The lowest BCUT2D eigenvalue weighted by Gasteiger charge is -2.30. The van der Waals surface area contributed by atoms with Crippen LogP contribution < -0.4 is 4.74 Å². The molecule has 1 fully saturated rings. The van der Waals surface area contributed by atoms with Crippen molar-refractivity contribution in [3.63, 3.8) is 0 Å². The molecule has 1 saturated carbocycles. The number of nitriles is 1. The predicted octanol–water partition coefficient (Wildman–Crippen LogP) is 4.12. The van der Waals surface area contributed by atoms with Crippen LogP contribution in [0.2, 0.25) is 0 Å². The number of benzene rings is 1. The van der Waals surface area contributed by atoms with Crippen LogP contribution in [0.5, 0.6) is 5.75 Å². The summed E-state index contributed by atoms with van der Waals surface area (Å²) in [5.74, 6) is 1.81. The van der Waals surface area contributed by atoms with E-state index in [2.05, 4.69) is 25.1 Å². The molecule has 3 heteroatoms. The van der Waals surface area contributed by atoms with E-state index < -0.39 is 0 Å². The summed E-state index contributed by atoms with van der Waals surface area (Å²) in [6.45, 7) is 2.28. The second-order valence-electron chi connectivity index (χ2n) is 4.99. The Bertz CT molecular complexity index is 440.